The summed E-state index contributed by atoms with van der Waals surface area (Å²) in [5.74, 6) is 1.05. The molecule has 7 heteroatoms. The van der Waals surface area contributed by atoms with Crippen LogP contribution in [-0.4, -0.2) is 36.9 Å². The Hall–Kier alpha value is -2.31. The third kappa shape index (κ3) is 2.36. The van der Waals surface area contributed by atoms with E-state index in [9.17, 15) is 0 Å². The number of rotatable bonds is 1. The van der Waals surface area contributed by atoms with Gasteiger partial charge in [-0.05, 0) is 30.2 Å². The second-order valence-corrected chi connectivity index (χ2v) is 7.41. The van der Waals surface area contributed by atoms with Gasteiger partial charge in [-0.1, -0.05) is 17.7 Å². The maximum atomic E-state index is 6.26. The van der Waals surface area contributed by atoms with E-state index in [1.54, 1.807) is 12.4 Å². The van der Waals surface area contributed by atoms with Crippen LogP contribution in [-0.2, 0) is 15.0 Å². The first-order valence-corrected chi connectivity index (χ1v) is 9.07. The minimum atomic E-state index is -0.409. The van der Waals surface area contributed by atoms with Crippen molar-refractivity contribution in [2.45, 2.75) is 18.1 Å². The molecule has 1 spiro atoms. The van der Waals surface area contributed by atoms with Gasteiger partial charge in [0.1, 0.15) is 18.5 Å². The van der Waals surface area contributed by atoms with Crippen molar-refractivity contribution in [2.24, 2.45) is 11.7 Å². The number of fused-ring (bicyclic) bond motifs is 4. The van der Waals surface area contributed by atoms with Gasteiger partial charge in [0.2, 0.25) is 0 Å². The lowest BCUT2D eigenvalue weighted by atomic mass is 9.71. The summed E-state index contributed by atoms with van der Waals surface area (Å²) < 4.78 is 17.6. The van der Waals surface area contributed by atoms with Crippen molar-refractivity contribution in [3.05, 3.63) is 47.2 Å². The fourth-order valence-electron chi connectivity index (χ4n) is 4.31. The maximum Gasteiger partial charge on any atom is 0.440 e. The number of pyridine rings is 1. The van der Waals surface area contributed by atoms with Crippen molar-refractivity contribution in [2.75, 3.05) is 19.8 Å². The molecule has 4 heterocycles. The van der Waals surface area contributed by atoms with Crippen molar-refractivity contribution in [1.82, 2.24) is 4.98 Å². The number of halogens is 1. The van der Waals surface area contributed by atoms with Crippen LogP contribution in [0, 0.1) is 5.92 Å². The van der Waals surface area contributed by atoms with Crippen LogP contribution < -0.4 is 15.5 Å². The number of ether oxygens (including phenoxy) is 3. The molecular formula is C19H19ClN3O3+. The number of hydrogen-bond donors (Lipinski definition) is 2. The molecule has 3 aliphatic heterocycles. The van der Waals surface area contributed by atoms with Crippen LogP contribution >= 0.6 is 11.6 Å². The number of nitrogens with two attached hydrogens (primary N) is 1. The molecule has 1 saturated heterocycles. The first kappa shape index (κ1) is 15.9. The molecule has 0 aliphatic carbocycles. The molecule has 0 radical (unpaired) electrons. The monoisotopic (exact) mass is 372 g/mol. The predicted molar refractivity (Wildman–Crippen MR) is 95.8 cm³/mol. The Morgan fingerprint density at radius 1 is 1.23 bits per heavy atom. The van der Waals surface area contributed by atoms with Crippen LogP contribution in [0.4, 0.5) is 0 Å². The Kier molecular flexibility index (Phi) is 3.58. The highest BCUT2D eigenvalue weighted by molar-refractivity contribution is 6.30. The summed E-state index contributed by atoms with van der Waals surface area (Å²) in [5, 5.41) is 0.607. The third-order valence-corrected chi connectivity index (χ3v) is 5.72. The van der Waals surface area contributed by atoms with Crippen LogP contribution in [0.15, 0.2) is 36.7 Å². The molecule has 3 N–H and O–H groups in total. The van der Waals surface area contributed by atoms with Gasteiger partial charge in [-0.15, -0.1) is 0 Å². The highest BCUT2D eigenvalue weighted by Gasteiger charge is 2.57. The molecule has 0 unspecified atom stereocenters. The van der Waals surface area contributed by atoms with E-state index in [1.807, 2.05) is 18.2 Å². The van der Waals surface area contributed by atoms with Gasteiger partial charge in [-0.2, -0.15) is 0 Å². The average molecular weight is 373 g/mol. The van der Waals surface area contributed by atoms with Crippen molar-refractivity contribution >= 4 is 17.6 Å². The van der Waals surface area contributed by atoms with E-state index >= 15 is 0 Å². The number of nitrogens with zero attached hydrogens (tertiary/aromatic N) is 1. The molecule has 1 aromatic heterocycles. The van der Waals surface area contributed by atoms with Gasteiger partial charge in [0, 0.05) is 30.1 Å². The van der Waals surface area contributed by atoms with Crippen molar-refractivity contribution in [1.29, 1.82) is 0 Å². The molecule has 0 saturated carbocycles. The van der Waals surface area contributed by atoms with Crippen LogP contribution in [0.1, 0.15) is 12.0 Å². The Morgan fingerprint density at radius 2 is 2.15 bits per heavy atom. The normalized spacial score (nSPS) is 29.3. The molecule has 2 aromatic rings. The summed E-state index contributed by atoms with van der Waals surface area (Å²) in [4.78, 5) is 7.60. The van der Waals surface area contributed by atoms with E-state index in [2.05, 4.69) is 16.0 Å². The SMILES string of the molecule is NC1=[NH+][C@@]2(CO1)c1cc(-c3cncc(Cl)c3)ccc1O[C@@H]1COCC[C@H]12. The Morgan fingerprint density at radius 3 is 2.96 bits per heavy atom. The third-order valence-electron chi connectivity index (χ3n) is 5.52. The number of aromatic nitrogens is 1. The van der Waals surface area contributed by atoms with Crippen LogP contribution in [0.5, 0.6) is 5.75 Å². The van der Waals surface area contributed by atoms with Crippen LogP contribution in [0.2, 0.25) is 5.02 Å². The Bertz CT molecular complexity index is 903. The molecule has 26 heavy (non-hydrogen) atoms. The van der Waals surface area contributed by atoms with Crippen LogP contribution in [0.3, 0.4) is 0 Å². The average Bonchev–Trinajstić information content (AvgIpc) is 3.04. The van der Waals surface area contributed by atoms with Gasteiger partial charge in [-0.25, -0.2) is 4.99 Å². The summed E-state index contributed by atoms with van der Waals surface area (Å²) >= 11 is 6.12. The molecule has 6 nitrogen and oxygen atoms in total. The van der Waals surface area contributed by atoms with Crippen LogP contribution in [0.25, 0.3) is 11.1 Å². The smallest absolute Gasteiger partial charge is 0.440 e. The zero-order chi connectivity index (χ0) is 17.7. The highest BCUT2D eigenvalue weighted by Crippen LogP contribution is 2.45. The van der Waals surface area contributed by atoms with Crippen molar-refractivity contribution < 1.29 is 19.2 Å². The summed E-state index contributed by atoms with van der Waals surface area (Å²) in [6.45, 7) is 1.77. The fourth-order valence-corrected chi connectivity index (χ4v) is 4.49. The highest BCUT2D eigenvalue weighted by atomic mass is 35.5. The largest absolute Gasteiger partial charge is 0.487 e. The first-order chi connectivity index (χ1) is 12.7. The van der Waals surface area contributed by atoms with Gasteiger partial charge in [0.15, 0.2) is 5.54 Å². The Labute approximate surface area is 155 Å². The maximum absolute atomic E-state index is 6.26. The Balaban J connectivity index is 1.67. The number of benzene rings is 1. The lowest BCUT2D eigenvalue weighted by Gasteiger charge is -2.44. The van der Waals surface area contributed by atoms with E-state index in [0.29, 0.717) is 30.9 Å². The summed E-state index contributed by atoms with van der Waals surface area (Å²) in [5.41, 5.74) is 8.60. The van der Waals surface area contributed by atoms with E-state index < -0.39 is 5.54 Å². The number of nitrogens with one attached hydrogen (secondary N) is 1. The van der Waals surface area contributed by atoms with Gasteiger partial charge in [-0.3, -0.25) is 10.7 Å². The molecular weight excluding hydrogens is 354 g/mol. The topological polar surface area (TPSA) is 80.6 Å². The second kappa shape index (κ2) is 5.86. The first-order valence-electron chi connectivity index (χ1n) is 8.69. The number of hydrogen-bond acceptors (Lipinski definition) is 5. The molecule has 3 aliphatic rings. The van der Waals surface area contributed by atoms with Gasteiger partial charge in [0.25, 0.3) is 0 Å². The zero-order valence-electron chi connectivity index (χ0n) is 14.1. The van der Waals surface area contributed by atoms with E-state index in [0.717, 1.165) is 28.9 Å². The lowest BCUT2D eigenvalue weighted by Crippen LogP contribution is -2.88. The van der Waals surface area contributed by atoms with E-state index in [1.165, 1.54) is 0 Å². The van der Waals surface area contributed by atoms with E-state index in [-0.39, 0.29) is 12.0 Å². The lowest BCUT2D eigenvalue weighted by molar-refractivity contribution is -0.571. The summed E-state index contributed by atoms with van der Waals surface area (Å²) in [6, 6.07) is 8.41. The summed E-state index contributed by atoms with van der Waals surface area (Å²) in [6.07, 6.45) is 4.30. The second-order valence-electron chi connectivity index (χ2n) is 6.98. The molecule has 3 atom stereocenters. The quantitative estimate of drug-likeness (QED) is 0.774. The fraction of sp³-hybridized carbons (Fsp3) is 0.368. The number of amidine groups is 1. The van der Waals surface area contributed by atoms with Crippen molar-refractivity contribution in [3.8, 4) is 16.9 Å². The van der Waals surface area contributed by atoms with E-state index in [4.69, 9.17) is 31.5 Å². The van der Waals surface area contributed by atoms with Crippen molar-refractivity contribution in [3.63, 3.8) is 0 Å². The zero-order valence-corrected chi connectivity index (χ0v) is 14.8. The van der Waals surface area contributed by atoms with Gasteiger partial charge in [0.05, 0.1) is 17.5 Å². The van der Waals surface area contributed by atoms with Gasteiger partial charge < -0.3 is 14.2 Å². The molecule has 5 rings (SSSR count). The predicted octanol–water partition coefficient (Wildman–Crippen LogP) is 0.820. The molecule has 0 amide bonds. The van der Waals surface area contributed by atoms with Gasteiger partial charge >= 0.3 is 6.02 Å². The molecule has 134 valence electrons. The minimum Gasteiger partial charge on any atom is -0.487 e. The molecule has 0 bridgehead atoms. The standard InChI is InChI=1S/C19H18ClN3O3/c20-13-5-12(7-22-8-13)11-1-2-16-15(6-11)19(10-25-18(21)23-19)14-3-4-24-9-17(14)26-16/h1-2,5-8,14,17H,3-4,9-10H2,(H2,21,23)/p+1/t14-,17-,19-/m1/s1. The molecule has 1 aromatic carbocycles. The minimum absolute atomic E-state index is 0.0167. The molecule has 1 fully saturated rings. The summed E-state index contributed by atoms with van der Waals surface area (Å²) in [7, 11) is 0.